The van der Waals surface area contributed by atoms with Crippen LogP contribution in [-0.2, 0) is 0 Å². The van der Waals surface area contributed by atoms with E-state index in [1.807, 2.05) is 0 Å². The van der Waals surface area contributed by atoms with Gasteiger partial charge in [-0.25, -0.2) is 8.78 Å². The lowest BCUT2D eigenvalue weighted by molar-refractivity contribution is 0.102. The van der Waals surface area contributed by atoms with E-state index >= 15 is 0 Å². The molecule has 2 aromatic carbocycles. The largest absolute Gasteiger partial charge is 0.338 e. The predicted octanol–water partition coefficient (Wildman–Crippen LogP) is 4.53. The summed E-state index contributed by atoms with van der Waals surface area (Å²) < 4.78 is 31.1. The van der Waals surface area contributed by atoms with Crippen LogP contribution >= 0.6 is 11.6 Å². The molecule has 1 amide bonds. The summed E-state index contributed by atoms with van der Waals surface area (Å²) in [6, 6.07) is 9.71. The van der Waals surface area contributed by atoms with Crippen LogP contribution in [0.3, 0.4) is 0 Å². The standard InChI is InChI=1S/C16H9ClF2N2O2/c17-11-4-1-9(2-5-11)12-8-20-23-16(12)21-15(22)10-3-6-13(18)14(19)7-10/h1-8H,(H,21,22). The lowest BCUT2D eigenvalue weighted by Crippen LogP contribution is -2.12. The molecular formula is C16H9ClF2N2O2. The highest BCUT2D eigenvalue weighted by atomic mass is 35.5. The summed E-state index contributed by atoms with van der Waals surface area (Å²) in [5.74, 6) is -2.67. The number of benzene rings is 2. The number of carbonyl (C=O) groups excluding carboxylic acids is 1. The summed E-state index contributed by atoms with van der Waals surface area (Å²) in [4.78, 5) is 12.1. The molecule has 0 spiro atoms. The van der Waals surface area contributed by atoms with Gasteiger partial charge in [0.25, 0.3) is 5.91 Å². The summed E-state index contributed by atoms with van der Waals surface area (Å²) in [7, 11) is 0. The van der Waals surface area contributed by atoms with Gasteiger partial charge in [0.1, 0.15) is 0 Å². The molecule has 0 saturated heterocycles. The molecule has 4 nitrogen and oxygen atoms in total. The molecule has 0 aliphatic carbocycles. The Balaban J connectivity index is 1.86. The quantitative estimate of drug-likeness (QED) is 0.766. The van der Waals surface area contributed by atoms with Gasteiger partial charge in [0.05, 0.1) is 11.8 Å². The third kappa shape index (κ3) is 3.22. The predicted molar refractivity (Wildman–Crippen MR) is 81.3 cm³/mol. The lowest BCUT2D eigenvalue weighted by Gasteiger charge is -2.05. The van der Waals surface area contributed by atoms with Crippen molar-refractivity contribution in [1.82, 2.24) is 5.16 Å². The van der Waals surface area contributed by atoms with E-state index in [0.29, 0.717) is 10.6 Å². The van der Waals surface area contributed by atoms with Gasteiger partial charge in [-0.1, -0.05) is 28.9 Å². The summed E-state index contributed by atoms with van der Waals surface area (Å²) in [5, 5.41) is 6.69. The zero-order valence-corrected chi connectivity index (χ0v) is 12.3. The highest BCUT2D eigenvalue weighted by Crippen LogP contribution is 2.29. The van der Waals surface area contributed by atoms with Gasteiger partial charge >= 0.3 is 0 Å². The third-order valence-electron chi connectivity index (χ3n) is 3.13. The number of halogens is 3. The van der Waals surface area contributed by atoms with Gasteiger partial charge in [-0.3, -0.25) is 10.1 Å². The minimum absolute atomic E-state index is 0.0395. The maximum atomic E-state index is 13.2. The Bertz CT molecular complexity index is 863. The van der Waals surface area contributed by atoms with Gasteiger partial charge in [-0.15, -0.1) is 0 Å². The van der Waals surface area contributed by atoms with Crippen LogP contribution in [0.2, 0.25) is 5.02 Å². The number of nitrogens with zero attached hydrogens (tertiary/aromatic N) is 1. The van der Waals surface area contributed by atoms with E-state index in [2.05, 4.69) is 10.5 Å². The molecular weight excluding hydrogens is 326 g/mol. The summed E-state index contributed by atoms with van der Waals surface area (Å²) in [5.41, 5.74) is 1.23. The Morgan fingerprint density at radius 3 is 2.52 bits per heavy atom. The average molecular weight is 335 g/mol. The van der Waals surface area contributed by atoms with Crippen molar-refractivity contribution in [3.63, 3.8) is 0 Å². The Hall–Kier alpha value is -2.73. The number of aromatic nitrogens is 1. The van der Waals surface area contributed by atoms with Crippen LogP contribution in [0.1, 0.15) is 10.4 Å². The Morgan fingerprint density at radius 1 is 1.09 bits per heavy atom. The summed E-state index contributed by atoms with van der Waals surface area (Å²) in [6.07, 6.45) is 1.43. The van der Waals surface area contributed by atoms with Crippen molar-refractivity contribution in [1.29, 1.82) is 0 Å². The molecule has 0 radical (unpaired) electrons. The second-order valence-electron chi connectivity index (χ2n) is 4.66. The molecule has 116 valence electrons. The van der Waals surface area contributed by atoms with Crippen LogP contribution < -0.4 is 5.32 Å². The van der Waals surface area contributed by atoms with Crippen molar-refractivity contribution in [2.24, 2.45) is 0 Å². The van der Waals surface area contributed by atoms with Crippen LogP contribution in [0, 0.1) is 11.6 Å². The van der Waals surface area contributed by atoms with Gasteiger partial charge in [0.15, 0.2) is 11.6 Å². The molecule has 1 N–H and O–H groups in total. The minimum atomic E-state index is -1.10. The van der Waals surface area contributed by atoms with E-state index in [-0.39, 0.29) is 11.4 Å². The smallest absolute Gasteiger partial charge is 0.258 e. The van der Waals surface area contributed by atoms with Gasteiger partial charge < -0.3 is 4.52 Å². The van der Waals surface area contributed by atoms with Gasteiger partial charge in [-0.2, -0.15) is 0 Å². The molecule has 0 saturated carbocycles. The highest BCUT2D eigenvalue weighted by Gasteiger charge is 2.16. The number of rotatable bonds is 3. The fourth-order valence-electron chi connectivity index (χ4n) is 1.98. The van der Waals surface area contributed by atoms with E-state index in [9.17, 15) is 13.6 Å². The Labute approximate surface area is 134 Å². The lowest BCUT2D eigenvalue weighted by atomic mass is 10.1. The maximum absolute atomic E-state index is 13.2. The van der Waals surface area contributed by atoms with Crippen molar-refractivity contribution in [3.05, 3.63) is 70.9 Å². The number of anilines is 1. The highest BCUT2D eigenvalue weighted by molar-refractivity contribution is 6.30. The normalized spacial score (nSPS) is 10.6. The van der Waals surface area contributed by atoms with E-state index in [0.717, 1.165) is 17.7 Å². The van der Waals surface area contributed by atoms with Gasteiger partial charge in [0.2, 0.25) is 5.88 Å². The summed E-state index contributed by atoms with van der Waals surface area (Å²) in [6.45, 7) is 0. The zero-order chi connectivity index (χ0) is 16.4. The van der Waals surface area contributed by atoms with Crippen LogP contribution in [0.4, 0.5) is 14.7 Å². The first kappa shape index (κ1) is 15.2. The fraction of sp³-hybridized carbons (Fsp3) is 0. The number of amides is 1. The van der Waals surface area contributed by atoms with E-state index in [1.54, 1.807) is 24.3 Å². The molecule has 0 atom stereocenters. The van der Waals surface area contributed by atoms with Crippen LogP contribution in [0.5, 0.6) is 0 Å². The first-order chi connectivity index (χ1) is 11.0. The number of carbonyl (C=O) groups is 1. The number of nitrogens with one attached hydrogen (secondary N) is 1. The van der Waals surface area contributed by atoms with Crippen molar-refractivity contribution in [3.8, 4) is 11.1 Å². The van der Waals surface area contributed by atoms with Crippen molar-refractivity contribution >= 4 is 23.4 Å². The number of hydrogen-bond acceptors (Lipinski definition) is 3. The molecule has 23 heavy (non-hydrogen) atoms. The molecule has 7 heteroatoms. The number of hydrogen-bond donors (Lipinski definition) is 1. The van der Waals surface area contributed by atoms with E-state index in [1.165, 1.54) is 12.3 Å². The molecule has 0 fully saturated rings. The monoisotopic (exact) mass is 334 g/mol. The van der Waals surface area contributed by atoms with E-state index < -0.39 is 17.5 Å². The Kier molecular flexibility index (Phi) is 4.08. The first-order valence-corrected chi connectivity index (χ1v) is 6.89. The van der Waals surface area contributed by atoms with Crippen molar-refractivity contribution in [2.75, 3.05) is 5.32 Å². The Morgan fingerprint density at radius 2 is 1.83 bits per heavy atom. The average Bonchev–Trinajstić information content (AvgIpc) is 2.99. The topological polar surface area (TPSA) is 55.1 Å². The molecule has 0 bridgehead atoms. The van der Waals surface area contributed by atoms with Crippen LogP contribution in [0.15, 0.2) is 53.2 Å². The van der Waals surface area contributed by atoms with Crippen LogP contribution in [0.25, 0.3) is 11.1 Å². The third-order valence-corrected chi connectivity index (χ3v) is 3.39. The second-order valence-corrected chi connectivity index (χ2v) is 5.09. The molecule has 0 aliphatic heterocycles. The summed E-state index contributed by atoms with van der Waals surface area (Å²) >= 11 is 5.83. The van der Waals surface area contributed by atoms with Crippen molar-refractivity contribution in [2.45, 2.75) is 0 Å². The van der Waals surface area contributed by atoms with Gasteiger partial charge in [-0.05, 0) is 35.9 Å². The fourth-order valence-corrected chi connectivity index (χ4v) is 2.10. The zero-order valence-electron chi connectivity index (χ0n) is 11.5. The molecule has 3 rings (SSSR count). The second kappa shape index (κ2) is 6.18. The minimum Gasteiger partial charge on any atom is -0.338 e. The first-order valence-electron chi connectivity index (χ1n) is 6.51. The van der Waals surface area contributed by atoms with E-state index in [4.69, 9.17) is 16.1 Å². The SMILES string of the molecule is O=C(Nc1oncc1-c1ccc(Cl)cc1)c1ccc(F)c(F)c1. The van der Waals surface area contributed by atoms with Crippen LogP contribution in [-0.4, -0.2) is 11.1 Å². The van der Waals surface area contributed by atoms with Crippen molar-refractivity contribution < 1.29 is 18.1 Å². The molecule has 1 aromatic heterocycles. The molecule has 1 heterocycles. The van der Waals surface area contributed by atoms with Gasteiger partial charge in [0, 0.05) is 10.6 Å². The maximum Gasteiger partial charge on any atom is 0.258 e. The molecule has 0 aliphatic rings. The molecule has 0 unspecified atom stereocenters. The molecule has 3 aromatic rings.